The highest BCUT2D eigenvalue weighted by molar-refractivity contribution is 5.76. The summed E-state index contributed by atoms with van der Waals surface area (Å²) in [4.78, 5) is 14.7. The zero-order valence-electron chi connectivity index (χ0n) is 12.9. The minimum Gasteiger partial charge on any atom is -0.459 e. The van der Waals surface area contributed by atoms with Crippen LogP contribution in [0.1, 0.15) is 66.2 Å². The van der Waals surface area contributed by atoms with E-state index in [4.69, 9.17) is 4.74 Å². The van der Waals surface area contributed by atoms with Crippen LogP contribution in [-0.4, -0.2) is 35.1 Å². The summed E-state index contributed by atoms with van der Waals surface area (Å²) in [7, 11) is 0. The lowest BCUT2D eigenvalue weighted by molar-refractivity contribution is -0.161. The van der Waals surface area contributed by atoms with Crippen LogP contribution in [0.5, 0.6) is 0 Å². The molecule has 0 N–H and O–H groups in total. The Labute approximate surface area is 117 Å². The number of likely N-dealkylation sites (tertiary alicyclic amines) is 1. The van der Waals surface area contributed by atoms with Crippen molar-refractivity contribution in [2.24, 2.45) is 5.92 Å². The van der Waals surface area contributed by atoms with Crippen LogP contribution in [0, 0.1) is 5.92 Å². The number of carbonyl (C=O) groups is 1. The summed E-state index contributed by atoms with van der Waals surface area (Å²) in [5, 5.41) is 0. The normalized spacial score (nSPS) is 33.4. The molecular formula is C16H29NO2. The van der Waals surface area contributed by atoms with Gasteiger partial charge in [-0.05, 0) is 71.8 Å². The van der Waals surface area contributed by atoms with Crippen molar-refractivity contribution in [2.45, 2.75) is 83.9 Å². The van der Waals surface area contributed by atoms with Gasteiger partial charge in [0.15, 0.2) is 0 Å². The lowest BCUT2D eigenvalue weighted by Crippen LogP contribution is -2.46. The molecule has 1 aliphatic carbocycles. The quantitative estimate of drug-likeness (QED) is 0.718. The van der Waals surface area contributed by atoms with Gasteiger partial charge in [-0.1, -0.05) is 6.92 Å². The number of esters is 1. The molecule has 0 spiro atoms. The number of hydrogen-bond donors (Lipinski definition) is 0. The molecule has 1 atom stereocenters. The van der Waals surface area contributed by atoms with Crippen molar-refractivity contribution >= 4 is 5.97 Å². The second-order valence-corrected chi connectivity index (χ2v) is 7.34. The van der Waals surface area contributed by atoms with Crippen LogP contribution in [0.2, 0.25) is 0 Å². The lowest BCUT2D eigenvalue weighted by Gasteiger charge is -2.37. The Balaban J connectivity index is 1.95. The molecule has 0 aromatic heterocycles. The van der Waals surface area contributed by atoms with Crippen LogP contribution < -0.4 is 0 Å². The van der Waals surface area contributed by atoms with Gasteiger partial charge in [-0.25, -0.2) is 0 Å². The van der Waals surface area contributed by atoms with Crippen LogP contribution in [0.15, 0.2) is 0 Å². The predicted octanol–water partition coefficient (Wildman–Crippen LogP) is 3.37. The van der Waals surface area contributed by atoms with Crippen molar-refractivity contribution in [3.63, 3.8) is 0 Å². The molecule has 1 aliphatic heterocycles. The average Bonchev–Trinajstić information content (AvgIpc) is 2.76. The van der Waals surface area contributed by atoms with Gasteiger partial charge in [-0.15, -0.1) is 0 Å². The molecule has 0 unspecified atom stereocenters. The number of ether oxygens (including phenoxy) is 1. The third kappa shape index (κ3) is 3.95. The van der Waals surface area contributed by atoms with Gasteiger partial charge in [-0.2, -0.15) is 0 Å². The minimum atomic E-state index is -0.369. The zero-order chi connectivity index (χ0) is 14.0. The van der Waals surface area contributed by atoms with E-state index in [1.165, 1.54) is 25.7 Å². The van der Waals surface area contributed by atoms with Gasteiger partial charge in [0.2, 0.25) is 0 Å². The van der Waals surface area contributed by atoms with Crippen LogP contribution in [-0.2, 0) is 9.53 Å². The zero-order valence-corrected chi connectivity index (χ0v) is 12.9. The molecule has 1 saturated heterocycles. The van der Waals surface area contributed by atoms with E-state index in [2.05, 4.69) is 11.8 Å². The number of rotatable bonds is 2. The highest BCUT2D eigenvalue weighted by atomic mass is 16.6. The minimum absolute atomic E-state index is 0.0105. The fourth-order valence-electron chi connectivity index (χ4n) is 3.42. The number of hydrogen-bond acceptors (Lipinski definition) is 3. The Morgan fingerprint density at radius 3 is 2.32 bits per heavy atom. The molecule has 110 valence electrons. The molecule has 19 heavy (non-hydrogen) atoms. The molecule has 0 bridgehead atoms. The highest BCUT2D eigenvalue weighted by Crippen LogP contribution is 2.32. The average molecular weight is 267 g/mol. The number of nitrogens with zero attached hydrogens (tertiary/aromatic N) is 1. The van der Waals surface area contributed by atoms with E-state index >= 15 is 0 Å². The summed E-state index contributed by atoms with van der Waals surface area (Å²) >= 11 is 0. The Hall–Kier alpha value is -0.570. The molecule has 0 aromatic rings. The van der Waals surface area contributed by atoms with E-state index in [9.17, 15) is 4.79 Å². The first-order valence-electron chi connectivity index (χ1n) is 7.85. The molecule has 3 nitrogen and oxygen atoms in total. The second kappa shape index (κ2) is 5.82. The summed E-state index contributed by atoms with van der Waals surface area (Å²) in [5.41, 5.74) is -0.369. The lowest BCUT2D eigenvalue weighted by atomic mass is 9.86. The fraction of sp³-hybridized carbons (Fsp3) is 0.938. The monoisotopic (exact) mass is 267 g/mol. The molecule has 0 aromatic carbocycles. The van der Waals surface area contributed by atoms with Gasteiger partial charge in [-0.3, -0.25) is 9.69 Å². The maximum atomic E-state index is 12.3. The Bertz CT molecular complexity index is 313. The van der Waals surface area contributed by atoms with Crippen molar-refractivity contribution in [3.05, 3.63) is 0 Å². The standard InChI is InChI=1S/C16H29NO2/c1-12-7-9-13(10-8-12)17-11-5-6-14(17)15(18)19-16(2,3)4/h12-14H,5-11H2,1-4H3/t12?,13?,14-/m1/s1. The topological polar surface area (TPSA) is 29.5 Å². The van der Waals surface area contributed by atoms with Crippen LogP contribution in [0.4, 0.5) is 0 Å². The van der Waals surface area contributed by atoms with Crippen LogP contribution in [0.25, 0.3) is 0 Å². The summed E-state index contributed by atoms with van der Waals surface area (Å²) in [5.74, 6) is 0.849. The maximum Gasteiger partial charge on any atom is 0.323 e. The first-order chi connectivity index (χ1) is 8.87. The number of carbonyl (C=O) groups excluding carboxylic acids is 1. The van der Waals surface area contributed by atoms with Crippen molar-refractivity contribution < 1.29 is 9.53 Å². The highest BCUT2D eigenvalue weighted by Gasteiger charge is 2.38. The summed E-state index contributed by atoms with van der Waals surface area (Å²) in [6.07, 6.45) is 7.22. The Morgan fingerprint density at radius 1 is 1.11 bits per heavy atom. The molecule has 2 aliphatic rings. The summed E-state index contributed by atoms with van der Waals surface area (Å²) < 4.78 is 5.58. The third-order valence-corrected chi connectivity index (χ3v) is 4.43. The van der Waals surface area contributed by atoms with Gasteiger partial charge >= 0.3 is 5.97 Å². The molecule has 0 radical (unpaired) electrons. The van der Waals surface area contributed by atoms with Gasteiger partial charge < -0.3 is 4.74 Å². The maximum absolute atomic E-state index is 12.3. The van der Waals surface area contributed by atoms with Crippen molar-refractivity contribution in [1.82, 2.24) is 4.90 Å². The molecule has 1 heterocycles. The smallest absolute Gasteiger partial charge is 0.323 e. The first kappa shape index (κ1) is 14.8. The van der Waals surface area contributed by atoms with Crippen LogP contribution in [0.3, 0.4) is 0 Å². The van der Waals surface area contributed by atoms with Crippen molar-refractivity contribution in [3.8, 4) is 0 Å². The Kier molecular flexibility index (Phi) is 4.54. The van der Waals surface area contributed by atoms with Gasteiger partial charge in [0.05, 0.1) is 0 Å². The molecule has 0 amide bonds. The fourth-order valence-corrected chi connectivity index (χ4v) is 3.42. The van der Waals surface area contributed by atoms with E-state index in [1.54, 1.807) is 0 Å². The molecule has 3 heteroatoms. The molecule has 1 saturated carbocycles. The van der Waals surface area contributed by atoms with Gasteiger partial charge in [0, 0.05) is 6.04 Å². The molecule has 2 rings (SSSR count). The van der Waals surface area contributed by atoms with E-state index in [1.807, 2.05) is 20.8 Å². The third-order valence-electron chi connectivity index (χ3n) is 4.43. The molecular weight excluding hydrogens is 238 g/mol. The van der Waals surface area contributed by atoms with Gasteiger partial charge in [0.1, 0.15) is 11.6 Å². The van der Waals surface area contributed by atoms with Gasteiger partial charge in [0.25, 0.3) is 0 Å². The van der Waals surface area contributed by atoms with E-state index in [0.29, 0.717) is 6.04 Å². The summed E-state index contributed by atoms with van der Waals surface area (Å²) in [6, 6.07) is 0.619. The van der Waals surface area contributed by atoms with E-state index in [0.717, 1.165) is 25.3 Å². The largest absolute Gasteiger partial charge is 0.459 e. The van der Waals surface area contributed by atoms with Crippen LogP contribution >= 0.6 is 0 Å². The molecule has 2 fully saturated rings. The SMILES string of the molecule is CC1CCC(N2CCC[C@@H]2C(=O)OC(C)(C)C)CC1. The summed E-state index contributed by atoms with van der Waals surface area (Å²) in [6.45, 7) is 9.26. The van der Waals surface area contributed by atoms with Crippen molar-refractivity contribution in [2.75, 3.05) is 6.54 Å². The van der Waals surface area contributed by atoms with Crippen molar-refractivity contribution in [1.29, 1.82) is 0 Å². The van der Waals surface area contributed by atoms with E-state index < -0.39 is 0 Å². The van der Waals surface area contributed by atoms with E-state index in [-0.39, 0.29) is 17.6 Å². The first-order valence-corrected chi connectivity index (χ1v) is 7.85. The predicted molar refractivity (Wildman–Crippen MR) is 77.0 cm³/mol. The Morgan fingerprint density at radius 2 is 1.74 bits per heavy atom. The second-order valence-electron chi connectivity index (χ2n) is 7.34.